The van der Waals surface area contributed by atoms with Gasteiger partial charge in [0.15, 0.2) is 9.84 Å². The van der Waals surface area contributed by atoms with Crippen molar-refractivity contribution in [2.75, 3.05) is 11.5 Å². The van der Waals surface area contributed by atoms with Gasteiger partial charge in [-0.3, -0.25) is 4.79 Å². The zero-order valence-electron chi connectivity index (χ0n) is 12.0. The molecule has 1 aliphatic heterocycles. The first-order chi connectivity index (χ1) is 9.89. The number of nitrogens with one attached hydrogen (secondary N) is 1. The highest BCUT2D eigenvalue weighted by Gasteiger charge is 2.28. The number of rotatable bonds is 6. The summed E-state index contributed by atoms with van der Waals surface area (Å²) in [5.41, 5.74) is 6.59. The lowest BCUT2D eigenvalue weighted by molar-refractivity contribution is -0.122. The Balaban J connectivity index is 1.86. The van der Waals surface area contributed by atoms with Gasteiger partial charge in [0.2, 0.25) is 5.91 Å². The van der Waals surface area contributed by atoms with Crippen LogP contribution < -0.4 is 11.1 Å². The van der Waals surface area contributed by atoms with E-state index in [9.17, 15) is 13.2 Å². The Kier molecular flexibility index (Phi) is 4.94. The van der Waals surface area contributed by atoms with Gasteiger partial charge in [-0.1, -0.05) is 18.6 Å². The second kappa shape index (κ2) is 6.52. The van der Waals surface area contributed by atoms with E-state index in [1.165, 1.54) is 4.68 Å². The standard InChI is InChI=1S/C12H21N5O3S/c1-2-3-10(13)11-6-17(16-15-11)7-12(18)14-9-4-5-21(19,20)8-9/h6,9-10H,2-5,7-8,13H2,1H3,(H,14,18). The van der Waals surface area contributed by atoms with Crippen molar-refractivity contribution in [3.05, 3.63) is 11.9 Å². The summed E-state index contributed by atoms with van der Waals surface area (Å²) in [6.07, 6.45) is 3.89. The molecule has 0 aliphatic carbocycles. The summed E-state index contributed by atoms with van der Waals surface area (Å²) in [5, 5.41) is 10.5. The highest BCUT2D eigenvalue weighted by atomic mass is 32.2. The lowest BCUT2D eigenvalue weighted by Crippen LogP contribution is -2.37. The topological polar surface area (TPSA) is 120 Å². The third-order valence-electron chi connectivity index (χ3n) is 3.44. The van der Waals surface area contributed by atoms with Gasteiger partial charge >= 0.3 is 0 Å². The quantitative estimate of drug-likeness (QED) is 0.722. The molecule has 1 aliphatic rings. The molecule has 8 nitrogen and oxygen atoms in total. The molecule has 2 atom stereocenters. The van der Waals surface area contributed by atoms with E-state index in [-0.39, 0.29) is 36.0 Å². The Labute approximate surface area is 124 Å². The first-order valence-electron chi connectivity index (χ1n) is 7.05. The normalized spacial score (nSPS) is 22.1. The Morgan fingerprint density at radius 2 is 2.38 bits per heavy atom. The van der Waals surface area contributed by atoms with Gasteiger partial charge in [0.05, 0.1) is 29.4 Å². The average Bonchev–Trinajstić information content (AvgIpc) is 2.96. The molecule has 0 spiro atoms. The number of nitrogens with two attached hydrogens (primary N) is 1. The van der Waals surface area contributed by atoms with Gasteiger partial charge in [0.1, 0.15) is 6.54 Å². The molecule has 1 aromatic rings. The van der Waals surface area contributed by atoms with Crippen molar-refractivity contribution in [1.29, 1.82) is 0 Å². The van der Waals surface area contributed by atoms with E-state index >= 15 is 0 Å². The number of hydrogen-bond acceptors (Lipinski definition) is 6. The maximum absolute atomic E-state index is 11.9. The monoisotopic (exact) mass is 315 g/mol. The lowest BCUT2D eigenvalue weighted by Gasteiger charge is -2.10. The van der Waals surface area contributed by atoms with E-state index in [0.717, 1.165) is 12.8 Å². The molecule has 2 heterocycles. The minimum absolute atomic E-state index is 0.0163. The molecule has 118 valence electrons. The van der Waals surface area contributed by atoms with Crippen molar-refractivity contribution in [3.63, 3.8) is 0 Å². The Morgan fingerprint density at radius 3 is 3.00 bits per heavy atom. The number of nitrogens with zero attached hydrogens (tertiary/aromatic N) is 3. The van der Waals surface area contributed by atoms with Gasteiger partial charge in [0, 0.05) is 6.04 Å². The van der Waals surface area contributed by atoms with Crippen LogP contribution in [-0.2, 0) is 21.2 Å². The van der Waals surface area contributed by atoms with Crippen LogP contribution in [-0.4, -0.2) is 46.9 Å². The predicted molar refractivity (Wildman–Crippen MR) is 77.1 cm³/mol. The van der Waals surface area contributed by atoms with Gasteiger partial charge in [0.25, 0.3) is 0 Å². The van der Waals surface area contributed by atoms with E-state index in [0.29, 0.717) is 12.1 Å². The van der Waals surface area contributed by atoms with Gasteiger partial charge in [-0.2, -0.15) is 0 Å². The lowest BCUT2D eigenvalue weighted by atomic mass is 10.1. The van der Waals surface area contributed by atoms with E-state index in [4.69, 9.17) is 5.73 Å². The van der Waals surface area contributed by atoms with Gasteiger partial charge in [-0.15, -0.1) is 5.10 Å². The predicted octanol–water partition coefficient (Wildman–Crippen LogP) is -0.619. The smallest absolute Gasteiger partial charge is 0.242 e. The number of hydrogen-bond donors (Lipinski definition) is 2. The largest absolute Gasteiger partial charge is 0.351 e. The molecule has 0 aromatic carbocycles. The maximum atomic E-state index is 11.9. The molecule has 0 bridgehead atoms. The third kappa shape index (κ3) is 4.50. The van der Waals surface area contributed by atoms with E-state index in [1.807, 2.05) is 6.92 Å². The zero-order chi connectivity index (χ0) is 15.5. The van der Waals surface area contributed by atoms with Gasteiger partial charge in [-0.25, -0.2) is 13.1 Å². The first kappa shape index (κ1) is 15.9. The molecule has 0 radical (unpaired) electrons. The molecule has 9 heteroatoms. The molecular weight excluding hydrogens is 294 g/mol. The number of sulfone groups is 1. The molecule has 1 saturated heterocycles. The van der Waals surface area contributed by atoms with Crippen LogP contribution in [0.2, 0.25) is 0 Å². The third-order valence-corrected chi connectivity index (χ3v) is 5.21. The molecule has 0 saturated carbocycles. The minimum atomic E-state index is -2.99. The second-order valence-corrected chi connectivity index (χ2v) is 7.63. The number of aromatic nitrogens is 3. The highest BCUT2D eigenvalue weighted by Crippen LogP contribution is 2.12. The molecule has 21 heavy (non-hydrogen) atoms. The summed E-state index contributed by atoms with van der Waals surface area (Å²) in [4.78, 5) is 11.9. The van der Waals surface area contributed by atoms with Crippen molar-refractivity contribution >= 4 is 15.7 Å². The van der Waals surface area contributed by atoms with Crippen LogP contribution in [0, 0.1) is 0 Å². The van der Waals surface area contributed by atoms with Crippen molar-refractivity contribution in [2.24, 2.45) is 5.73 Å². The van der Waals surface area contributed by atoms with Crippen molar-refractivity contribution in [1.82, 2.24) is 20.3 Å². The molecule has 2 rings (SSSR count). The fourth-order valence-corrected chi connectivity index (χ4v) is 4.02. The van der Waals surface area contributed by atoms with Gasteiger partial charge < -0.3 is 11.1 Å². The van der Waals surface area contributed by atoms with Crippen molar-refractivity contribution < 1.29 is 13.2 Å². The summed E-state index contributed by atoms with van der Waals surface area (Å²) in [6, 6.07) is -0.473. The molecule has 1 amide bonds. The number of carbonyl (C=O) groups is 1. The van der Waals surface area contributed by atoms with Crippen molar-refractivity contribution in [3.8, 4) is 0 Å². The fraction of sp³-hybridized carbons (Fsp3) is 0.750. The summed E-state index contributed by atoms with van der Waals surface area (Å²) in [6.45, 7) is 2.05. The Hall–Kier alpha value is -1.48. The number of carbonyl (C=O) groups excluding carboxylic acids is 1. The molecule has 3 N–H and O–H groups in total. The van der Waals surface area contributed by atoms with Crippen LogP contribution in [0.15, 0.2) is 6.20 Å². The summed E-state index contributed by atoms with van der Waals surface area (Å²) in [5.74, 6) is -0.113. The zero-order valence-corrected chi connectivity index (χ0v) is 12.8. The van der Waals surface area contributed by atoms with E-state index < -0.39 is 9.84 Å². The van der Waals surface area contributed by atoms with Crippen LogP contribution in [0.3, 0.4) is 0 Å². The van der Waals surface area contributed by atoms with E-state index in [1.54, 1.807) is 6.20 Å². The molecule has 1 aromatic heterocycles. The Morgan fingerprint density at radius 1 is 1.62 bits per heavy atom. The molecule has 2 unspecified atom stereocenters. The summed E-state index contributed by atoms with van der Waals surface area (Å²) < 4.78 is 24.1. The number of amides is 1. The average molecular weight is 315 g/mol. The van der Waals surface area contributed by atoms with Crippen LogP contribution in [0.5, 0.6) is 0 Å². The summed E-state index contributed by atoms with van der Waals surface area (Å²) >= 11 is 0. The highest BCUT2D eigenvalue weighted by molar-refractivity contribution is 7.91. The SMILES string of the molecule is CCCC(N)c1cn(CC(=O)NC2CCS(=O)(=O)C2)nn1. The van der Waals surface area contributed by atoms with Crippen LogP contribution >= 0.6 is 0 Å². The minimum Gasteiger partial charge on any atom is -0.351 e. The fourth-order valence-electron chi connectivity index (χ4n) is 2.35. The van der Waals surface area contributed by atoms with E-state index in [2.05, 4.69) is 15.6 Å². The first-order valence-corrected chi connectivity index (χ1v) is 8.87. The summed E-state index contributed by atoms with van der Waals surface area (Å²) in [7, 11) is -2.99. The van der Waals surface area contributed by atoms with Crippen molar-refractivity contribution in [2.45, 2.75) is 44.8 Å². The van der Waals surface area contributed by atoms with Gasteiger partial charge in [-0.05, 0) is 12.8 Å². The second-order valence-electron chi connectivity index (χ2n) is 5.40. The Bertz CT molecular complexity index is 598. The van der Waals surface area contributed by atoms with Crippen LogP contribution in [0.1, 0.15) is 37.9 Å². The maximum Gasteiger partial charge on any atom is 0.242 e. The molecular formula is C12H21N5O3S. The molecule has 1 fully saturated rings. The van der Waals surface area contributed by atoms with Crippen LogP contribution in [0.25, 0.3) is 0 Å². The van der Waals surface area contributed by atoms with Crippen LogP contribution in [0.4, 0.5) is 0 Å².